The molecular weight excluding hydrogens is 218 g/mol. The topological polar surface area (TPSA) is 47.6 Å². The van der Waals surface area contributed by atoms with Gasteiger partial charge in [-0.25, -0.2) is 0 Å². The molecule has 1 aromatic carbocycles. The van der Waals surface area contributed by atoms with E-state index in [0.29, 0.717) is 13.0 Å². The third kappa shape index (κ3) is 4.97. The number of nitrogens with one attached hydrogen (secondary N) is 1. The summed E-state index contributed by atoms with van der Waals surface area (Å²) in [5, 5.41) is 2.76. The van der Waals surface area contributed by atoms with Crippen LogP contribution in [0.2, 0.25) is 0 Å². The predicted octanol–water partition coefficient (Wildman–Crippen LogP) is 1.27. The van der Waals surface area contributed by atoms with Crippen LogP contribution in [0.25, 0.3) is 0 Å². The maximum Gasteiger partial charge on any atom is 0.224 e. The van der Waals surface area contributed by atoms with Crippen molar-refractivity contribution < 1.29 is 14.3 Å². The van der Waals surface area contributed by atoms with Crippen LogP contribution in [0.3, 0.4) is 0 Å². The number of carbonyl (C=O) groups is 1. The number of ether oxygens (including phenoxy) is 2. The van der Waals surface area contributed by atoms with E-state index in [1.165, 1.54) is 0 Å². The van der Waals surface area contributed by atoms with Crippen molar-refractivity contribution >= 4 is 5.91 Å². The molecule has 0 aliphatic heterocycles. The van der Waals surface area contributed by atoms with Gasteiger partial charge in [-0.2, -0.15) is 0 Å². The second-order valence-corrected chi connectivity index (χ2v) is 3.87. The lowest BCUT2D eigenvalue weighted by molar-refractivity contribution is -0.126. The first-order valence-electron chi connectivity index (χ1n) is 5.53. The molecule has 0 saturated carbocycles. The van der Waals surface area contributed by atoms with Crippen LogP contribution in [0.1, 0.15) is 11.1 Å². The molecular formula is C13H19NO3. The summed E-state index contributed by atoms with van der Waals surface area (Å²) in [5.74, 6) is -0.0327. The van der Waals surface area contributed by atoms with Crippen LogP contribution in [-0.2, 0) is 20.7 Å². The summed E-state index contributed by atoms with van der Waals surface area (Å²) < 4.78 is 9.96. The Morgan fingerprint density at radius 1 is 1.35 bits per heavy atom. The molecule has 0 saturated heterocycles. The first-order valence-corrected chi connectivity index (χ1v) is 5.53. The van der Waals surface area contributed by atoms with E-state index in [1.807, 2.05) is 31.2 Å². The largest absolute Gasteiger partial charge is 0.354 e. The number of hydrogen-bond acceptors (Lipinski definition) is 3. The van der Waals surface area contributed by atoms with Crippen molar-refractivity contribution in [2.75, 3.05) is 20.8 Å². The molecule has 0 unspecified atom stereocenters. The van der Waals surface area contributed by atoms with Gasteiger partial charge in [0.1, 0.15) is 0 Å². The molecule has 1 N–H and O–H groups in total. The van der Waals surface area contributed by atoms with Crippen molar-refractivity contribution in [3.63, 3.8) is 0 Å². The van der Waals surface area contributed by atoms with Crippen molar-refractivity contribution in [3.8, 4) is 0 Å². The lowest BCUT2D eigenvalue weighted by Gasteiger charge is -2.14. The number of benzene rings is 1. The quantitative estimate of drug-likeness (QED) is 0.758. The molecule has 0 aliphatic rings. The molecule has 0 radical (unpaired) electrons. The SMILES string of the molecule is COC(CNC(=O)Cc1cccc(C)c1)OC. The number of aryl methyl sites for hydroxylation is 1. The van der Waals surface area contributed by atoms with Gasteiger partial charge < -0.3 is 14.8 Å². The average Bonchev–Trinajstić information content (AvgIpc) is 2.30. The molecule has 94 valence electrons. The van der Waals surface area contributed by atoms with Gasteiger partial charge in [0.25, 0.3) is 0 Å². The summed E-state index contributed by atoms with van der Waals surface area (Å²) in [5.41, 5.74) is 2.16. The molecule has 1 amide bonds. The van der Waals surface area contributed by atoms with E-state index in [1.54, 1.807) is 14.2 Å². The number of carbonyl (C=O) groups excluding carboxylic acids is 1. The zero-order chi connectivity index (χ0) is 12.7. The Labute approximate surface area is 102 Å². The Kier molecular flexibility index (Phi) is 5.66. The first kappa shape index (κ1) is 13.7. The van der Waals surface area contributed by atoms with Crippen LogP contribution in [0.5, 0.6) is 0 Å². The lowest BCUT2D eigenvalue weighted by atomic mass is 10.1. The van der Waals surface area contributed by atoms with Crippen LogP contribution in [0.4, 0.5) is 0 Å². The molecule has 1 aromatic rings. The predicted molar refractivity (Wildman–Crippen MR) is 65.7 cm³/mol. The van der Waals surface area contributed by atoms with E-state index in [0.717, 1.165) is 11.1 Å². The molecule has 0 bridgehead atoms. The second kappa shape index (κ2) is 7.04. The Hall–Kier alpha value is -1.39. The van der Waals surface area contributed by atoms with Gasteiger partial charge in [0.15, 0.2) is 6.29 Å². The summed E-state index contributed by atoms with van der Waals surface area (Å²) in [4.78, 5) is 11.6. The van der Waals surface area contributed by atoms with E-state index < -0.39 is 6.29 Å². The minimum Gasteiger partial charge on any atom is -0.354 e. The first-order chi connectivity index (χ1) is 8.15. The Morgan fingerprint density at radius 3 is 2.65 bits per heavy atom. The minimum absolute atomic E-state index is 0.0327. The monoisotopic (exact) mass is 237 g/mol. The Balaban J connectivity index is 2.39. The van der Waals surface area contributed by atoms with Gasteiger partial charge in [-0.3, -0.25) is 4.79 Å². The molecule has 0 heterocycles. The summed E-state index contributed by atoms with van der Waals surface area (Å²) in [6.45, 7) is 2.37. The normalized spacial score (nSPS) is 10.6. The molecule has 17 heavy (non-hydrogen) atoms. The number of amides is 1. The van der Waals surface area contributed by atoms with Crippen molar-refractivity contribution in [3.05, 3.63) is 35.4 Å². The Morgan fingerprint density at radius 2 is 2.06 bits per heavy atom. The summed E-state index contributed by atoms with van der Waals surface area (Å²) in [6, 6.07) is 7.90. The summed E-state index contributed by atoms with van der Waals surface area (Å²) in [7, 11) is 3.09. The van der Waals surface area contributed by atoms with E-state index in [9.17, 15) is 4.79 Å². The van der Waals surface area contributed by atoms with E-state index in [2.05, 4.69) is 5.32 Å². The van der Waals surface area contributed by atoms with Gasteiger partial charge in [0, 0.05) is 14.2 Å². The molecule has 0 atom stereocenters. The molecule has 0 spiro atoms. The highest BCUT2D eigenvalue weighted by Gasteiger charge is 2.08. The number of hydrogen-bond donors (Lipinski definition) is 1. The van der Waals surface area contributed by atoms with Crippen LogP contribution in [-0.4, -0.2) is 33.0 Å². The lowest BCUT2D eigenvalue weighted by Crippen LogP contribution is -2.34. The average molecular weight is 237 g/mol. The molecule has 1 rings (SSSR count). The molecule has 0 aromatic heterocycles. The highest BCUT2D eigenvalue weighted by Crippen LogP contribution is 2.04. The van der Waals surface area contributed by atoms with E-state index >= 15 is 0 Å². The van der Waals surface area contributed by atoms with Gasteiger partial charge in [-0.05, 0) is 12.5 Å². The van der Waals surface area contributed by atoms with Crippen LogP contribution >= 0.6 is 0 Å². The van der Waals surface area contributed by atoms with E-state index in [-0.39, 0.29) is 5.91 Å². The maximum atomic E-state index is 11.6. The van der Waals surface area contributed by atoms with Crippen LogP contribution in [0.15, 0.2) is 24.3 Å². The van der Waals surface area contributed by atoms with Gasteiger partial charge >= 0.3 is 0 Å². The fourth-order valence-electron chi connectivity index (χ4n) is 1.53. The van der Waals surface area contributed by atoms with Crippen LogP contribution < -0.4 is 5.32 Å². The molecule has 4 heteroatoms. The highest BCUT2D eigenvalue weighted by atomic mass is 16.7. The standard InChI is InChI=1S/C13H19NO3/c1-10-5-4-6-11(7-10)8-12(15)14-9-13(16-2)17-3/h4-7,13H,8-9H2,1-3H3,(H,14,15). The molecule has 4 nitrogen and oxygen atoms in total. The van der Waals surface area contributed by atoms with Gasteiger partial charge in [-0.15, -0.1) is 0 Å². The van der Waals surface area contributed by atoms with Gasteiger partial charge in [-0.1, -0.05) is 29.8 Å². The van der Waals surface area contributed by atoms with Crippen molar-refractivity contribution in [2.45, 2.75) is 19.6 Å². The fourth-order valence-corrected chi connectivity index (χ4v) is 1.53. The molecule has 0 aliphatic carbocycles. The second-order valence-electron chi connectivity index (χ2n) is 3.87. The van der Waals surface area contributed by atoms with E-state index in [4.69, 9.17) is 9.47 Å². The zero-order valence-corrected chi connectivity index (χ0v) is 10.5. The van der Waals surface area contributed by atoms with Crippen molar-refractivity contribution in [1.29, 1.82) is 0 Å². The fraction of sp³-hybridized carbons (Fsp3) is 0.462. The third-order valence-electron chi connectivity index (χ3n) is 2.44. The van der Waals surface area contributed by atoms with Gasteiger partial charge in [0.2, 0.25) is 5.91 Å². The molecule has 0 fully saturated rings. The summed E-state index contributed by atoms with van der Waals surface area (Å²) in [6.07, 6.45) is -0.0154. The summed E-state index contributed by atoms with van der Waals surface area (Å²) >= 11 is 0. The smallest absolute Gasteiger partial charge is 0.224 e. The Bertz CT molecular complexity index is 361. The van der Waals surface area contributed by atoms with Gasteiger partial charge in [0.05, 0.1) is 13.0 Å². The van der Waals surface area contributed by atoms with Crippen LogP contribution in [0, 0.1) is 6.92 Å². The minimum atomic E-state index is -0.392. The number of methoxy groups -OCH3 is 2. The van der Waals surface area contributed by atoms with Crippen molar-refractivity contribution in [2.24, 2.45) is 0 Å². The maximum absolute atomic E-state index is 11.6. The highest BCUT2D eigenvalue weighted by molar-refractivity contribution is 5.78. The van der Waals surface area contributed by atoms with Crippen molar-refractivity contribution in [1.82, 2.24) is 5.32 Å². The number of rotatable bonds is 6. The zero-order valence-electron chi connectivity index (χ0n) is 10.5. The third-order valence-corrected chi connectivity index (χ3v) is 2.44.